The maximum Gasteiger partial charge on any atom is 0.326 e. The van der Waals surface area contributed by atoms with Crippen LogP contribution in [-0.2, 0) is 35.4 Å². The van der Waals surface area contributed by atoms with E-state index in [0.717, 1.165) is 62.4 Å². The van der Waals surface area contributed by atoms with Crippen LogP contribution < -0.4 is 19.5 Å². The number of aliphatic carboxylic acids is 1. The number of rotatable bonds is 12. The first-order valence-electron chi connectivity index (χ1n) is 20.1. The Kier molecular flexibility index (Phi) is 11.8. The molecule has 0 saturated carbocycles. The van der Waals surface area contributed by atoms with Crippen molar-refractivity contribution in [2.45, 2.75) is 71.7 Å². The number of carbonyl (C=O) groups is 3. The first-order chi connectivity index (χ1) is 29.4. The number of pyridine rings is 1. The van der Waals surface area contributed by atoms with Gasteiger partial charge < -0.3 is 34.0 Å². The van der Waals surface area contributed by atoms with Crippen molar-refractivity contribution in [2.75, 3.05) is 13.2 Å². The number of nitrogens with one attached hydrogen (secondary N) is 1. The van der Waals surface area contributed by atoms with E-state index in [-0.39, 0.29) is 31.7 Å². The number of hydrogen-bond donors (Lipinski definition) is 2. The molecule has 2 aliphatic rings. The highest BCUT2D eigenvalue weighted by Gasteiger charge is 2.39. The van der Waals surface area contributed by atoms with Crippen LogP contribution in [0, 0.1) is 27.7 Å². The van der Waals surface area contributed by atoms with Crippen LogP contribution in [0.4, 0.5) is 0 Å². The fraction of sp³-hybridized carbons (Fsp3) is 0.271. The van der Waals surface area contributed by atoms with Crippen molar-refractivity contribution in [1.82, 2.24) is 20.2 Å². The van der Waals surface area contributed by atoms with E-state index < -0.39 is 36.0 Å². The molecule has 2 amide bonds. The molecule has 0 spiro atoms. The highest BCUT2D eigenvalue weighted by molar-refractivity contribution is 6.30. The third kappa shape index (κ3) is 9.09. The van der Waals surface area contributed by atoms with Gasteiger partial charge in [-0.05, 0) is 108 Å². The number of nitrogens with zero attached hydrogens (tertiary/aromatic N) is 3. The van der Waals surface area contributed by atoms with Gasteiger partial charge in [-0.3, -0.25) is 14.6 Å². The molecule has 61 heavy (non-hydrogen) atoms. The van der Waals surface area contributed by atoms with Crippen molar-refractivity contribution in [2.24, 2.45) is 0 Å². The van der Waals surface area contributed by atoms with E-state index in [2.05, 4.69) is 15.3 Å². The number of carbonyl (C=O) groups excluding carboxylic acids is 2. The van der Waals surface area contributed by atoms with Crippen LogP contribution in [0.15, 0.2) is 102 Å². The Morgan fingerprint density at radius 3 is 2.34 bits per heavy atom. The number of oxazole rings is 1. The molecule has 13 heteroatoms. The first-order valence-corrected chi connectivity index (χ1v) is 20.5. The molecule has 3 atom stereocenters. The van der Waals surface area contributed by atoms with Crippen molar-refractivity contribution in [3.05, 3.63) is 159 Å². The third-order valence-electron chi connectivity index (χ3n) is 11.3. The number of aromatic nitrogens is 2. The summed E-state index contributed by atoms with van der Waals surface area (Å²) in [7, 11) is 0. The van der Waals surface area contributed by atoms with Crippen LogP contribution >= 0.6 is 11.6 Å². The maximum atomic E-state index is 14.2. The second kappa shape index (κ2) is 17.5. The number of halogens is 1. The quantitative estimate of drug-likeness (QED) is 0.124. The van der Waals surface area contributed by atoms with Crippen molar-refractivity contribution in [3.8, 4) is 28.4 Å². The Hall–Kier alpha value is -6.66. The lowest BCUT2D eigenvalue weighted by atomic mass is 9.91. The molecule has 0 aliphatic carbocycles. The van der Waals surface area contributed by atoms with Crippen LogP contribution in [0.25, 0.3) is 11.1 Å². The molecule has 0 bridgehead atoms. The van der Waals surface area contributed by atoms with Crippen molar-refractivity contribution in [3.63, 3.8) is 0 Å². The first kappa shape index (κ1) is 41.1. The molecule has 4 aromatic carbocycles. The average molecular weight is 841 g/mol. The van der Waals surface area contributed by atoms with Gasteiger partial charge in [-0.25, -0.2) is 9.78 Å². The molecule has 2 aliphatic heterocycles. The van der Waals surface area contributed by atoms with Gasteiger partial charge in [0.2, 0.25) is 5.91 Å². The summed E-state index contributed by atoms with van der Waals surface area (Å²) in [6, 6.07) is 26.3. The molecule has 6 aromatic rings. The molecule has 2 aromatic heterocycles. The summed E-state index contributed by atoms with van der Waals surface area (Å²) in [5.41, 5.74) is 8.41. The molecule has 2 N–H and O–H groups in total. The fourth-order valence-corrected chi connectivity index (χ4v) is 7.95. The van der Waals surface area contributed by atoms with Gasteiger partial charge in [0.05, 0.1) is 6.61 Å². The summed E-state index contributed by atoms with van der Waals surface area (Å²) in [5.74, 6) is 0.0915. The zero-order chi connectivity index (χ0) is 42.8. The molecule has 4 heterocycles. The standard InChI is InChI=1S/C48H45ClN4O8/c1-27-28(2)50-19-17-39(27)33-9-5-32(6-10-33)21-40(48(56)57)52-46(54)41-22-35-23-42-43(24-36(35)25-53(41)47(55)45-29(3)60-30(4)51-45)61-44(26-59-42)34-11-15-38(16-12-34)58-20-18-31-7-13-37(49)14-8-31/h5-17,19,23-24,40-41,44H,18,20-22,25-26H2,1-4H3,(H,52,54)(H,56,57)/t40-,41-,44+/m0/s1. The molecule has 0 unspecified atom stereocenters. The maximum absolute atomic E-state index is 14.2. The lowest BCUT2D eigenvalue weighted by Crippen LogP contribution is -2.56. The molecule has 0 saturated heterocycles. The van der Waals surface area contributed by atoms with Crippen molar-refractivity contribution < 1.29 is 38.1 Å². The third-order valence-corrected chi connectivity index (χ3v) is 11.6. The number of ether oxygens (including phenoxy) is 3. The zero-order valence-corrected chi connectivity index (χ0v) is 35.0. The van der Waals surface area contributed by atoms with E-state index in [0.29, 0.717) is 34.8 Å². The highest BCUT2D eigenvalue weighted by atomic mass is 35.5. The van der Waals surface area contributed by atoms with Crippen LogP contribution in [0.5, 0.6) is 17.2 Å². The van der Waals surface area contributed by atoms with Crippen LogP contribution in [0.1, 0.15) is 67.3 Å². The monoisotopic (exact) mass is 840 g/mol. The molecule has 312 valence electrons. The van der Waals surface area contributed by atoms with E-state index in [1.54, 1.807) is 20.0 Å². The number of aryl methyl sites for hydroxylation is 3. The molecular weight excluding hydrogens is 796 g/mol. The molecule has 0 fully saturated rings. The van der Waals surface area contributed by atoms with E-state index in [1.165, 1.54) is 4.90 Å². The van der Waals surface area contributed by atoms with E-state index in [4.69, 9.17) is 30.2 Å². The lowest BCUT2D eigenvalue weighted by Gasteiger charge is -2.37. The Labute approximate surface area is 358 Å². The van der Waals surface area contributed by atoms with E-state index in [9.17, 15) is 19.5 Å². The second-order valence-corrected chi connectivity index (χ2v) is 15.9. The summed E-state index contributed by atoms with van der Waals surface area (Å²) in [6.07, 6.45) is 2.25. The Morgan fingerprint density at radius 2 is 1.64 bits per heavy atom. The minimum absolute atomic E-state index is 0.0358. The molecule has 8 rings (SSSR count). The van der Waals surface area contributed by atoms with Gasteiger partial charge >= 0.3 is 5.97 Å². The van der Waals surface area contributed by atoms with Gasteiger partial charge in [0.1, 0.15) is 30.2 Å². The predicted molar refractivity (Wildman–Crippen MR) is 228 cm³/mol. The second-order valence-electron chi connectivity index (χ2n) is 15.4. The summed E-state index contributed by atoms with van der Waals surface area (Å²) < 4.78 is 24.3. The summed E-state index contributed by atoms with van der Waals surface area (Å²) in [5, 5.41) is 13.7. The number of hydrogen-bond acceptors (Lipinski definition) is 9. The number of carboxylic acids is 1. The highest BCUT2D eigenvalue weighted by Crippen LogP contribution is 2.41. The minimum atomic E-state index is -1.26. The Balaban J connectivity index is 0.980. The zero-order valence-electron chi connectivity index (χ0n) is 34.2. The lowest BCUT2D eigenvalue weighted by molar-refractivity contribution is -0.142. The smallest absolute Gasteiger partial charge is 0.326 e. The number of amides is 2. The normalized spacial score (nSPS) is 16.0. The predicted octanol–water partition coefficient (Wildman–Crippen LogP) is 8.14. The average Bonchev–Trinajstić information content (AvgIpc) is 3.60. The van der Waals surface area contributed by atoms with Gasteiger partial charge in [0.15, 0.2) is 29.2 Å². The fourth-order valence-electron chi connectivity index (χ4n) is 7.82. The summed E-state index contributed by atoms with van der Waals surface area (Å²) >= 11 is 6.00. The molecular formula is C48H45ClN4O8. The van der Waals surface area contributed by atoms with Crippen LogP contribution in [0.3, 0.4) is 0 Å². The van der Waals surface area contributed by atoms with E-state index >= 15 is 0 Å². The topological polar surface area (TPSA) is 153 Å². The van der Waals surface area contributed by atoms with Gasteiger partial charge in [0, 0.05) is 49.6 Å². The largest absolute Gasteiger partial charge is 0.493 e. The van der Waals surface area contributed by atoms with Crippen molar-refractivity contribution in [1.29, 1.82) is 0 Å². The summed E-state index contributed by atoms with van der Waals surface area (Å²) in [4.78, 5) is 51.1. The molecule has 0 radical (unpaired) electrons. The Morgan fingerprint density at radius 1 is 0.918 bits per heavy atom. The molecule has 12 nitrogen and oxygen atoms in total. The van der Waals surface area contributed by atoms with Gasteiger partial charge in [-0.15, -0.1) is 0 Å². The SMILES string of the molecule is Cc1nc(C(=O)N2Cc3cc4c(cc3C[C@H]2C(=O)N[C@@H](Cc2ccc(-c3ccnc(C)c3C)cc2)C(=O)O)OC[C@H](c2ccc(OCCc3ccc(Cl)cc3)cc2)O4)c(C)o1. The van der Waals surface area contributed by atoms with Gasteiger partial charge in [0.25, 0.3) is 5.91 Å². The van der Waals surface area contributed by atoms with Crippen LogP contribution in [0.2, 0.25) is 5.02 Å². The number of carboxylic acid groups (broad SMARTS) is 1. The van der Waals surface area contributed by atoms with Crippen molar-refractivity contribution >= 4 is 29.4 Å². The summed E-state index contributed by atoms with van der Waals surface area (Å²) in [6.45, 7) is 8.06. The van der Waals surface area contributed by atoms with Crippen LogP contribution in [-0.4, -0.2) is 63.1 Å². The number of benzene rings is 4. The van der Waals surface area contributed by atoms with E-state index in [1.807, 2.05) is 105 Å². The number of fused-ring (bicyclic) bond motifs is 2. The van der Waals surface area contributed by atoms with Gasteiger partial charge in [-0.2, -0.15) is 0 Å². The Bertz CT molecular complexity index is 2590. The minimum Gasteiger partial charge on any atom is -0.493 e. The van der Waals surface area contributed by atoms with Gasteiger partial charge in [-0.1, -0.05) is 60.1 Å².